The molecule has 0 bridgehead atoms. The highest BCUT2D eigenvalue weighted by molar-refractivity contribution is 7.92. The quantitative estimate of drug-likeness (QED) is 0.731. The molecular formula is C12H18N2O4S. The van der Waals surface area contributed by atoms with E-state index in [2.05, 4.69) is 10.0 Å². The van der Waals surface area contributed by atoms with Gasteiger partial charge in [-0.3, -0.25) is 9.52 Å². The number of nitrogens with one attached hydrogen (secondary N) is 2. The van der Waals surface area contributed by atoms with Crippen molar-refractivity contribution in [2.24, 2.45) is 0 Å². The summed E-state index contributed by atoms with van der Waals surface area (Å²) in [4.78, 5) is 11.5. The van der Waals surface area contributed by atoms with E-state index in [9.17, 15) is 13.2 Å². The van der Waals surface area contributed by atoms with Crippen LogP contribution in [0.2, 0.25) is 0 Å². The largest absolute Gasteiger partial charge is 0.393 e. The lowest BCUT2D eigenvalue weighted by Gasteiger charge is -2.08. The second kappa shape index (κ2) is 6.53. The van der Waals surface area contributed by atoms with Gasteiger partial charge in [-0.05, 0) is 37.6 Å². The predicted octanol–water partition coefficient (Wildman–Crippen LogP) is 1.16. The molecule has 0 spiro atoms. The first-order chi connectivity index (χ1) is 8.76. The summed E-state index contributed by atoms with van der Waals surface area (Å²) in [7, 11) is -3.30. The van der Waals surface area contributed by atoms with Crippen molar-refractivity contribution < 1.29 is 18.3 Å². The van der Waals surface area contributed by atoms with Crippen LogP contribution in [0.3, 0.4) is 0 Å². The Morgan fingerprint density at radius 1 is 1.26 bits per heavy atom. The maximum Gasteiger partial charge on any atom is 0.229 e. The number of amides is 1. The Morgan fingerprint density at radius 3 is 2.26 bits per heavy atom. The zero-order valence-corrected chi connectivity index (χ0v) is 11.7. The molecule has 1 aromatic rings. The normalized spacial score (nSPS) is 12.8. The van der Waals surface area contributed by atoms with Gasteiger partial charge in [0.05, 0.1) is 12.4 Å². The van der Waals surface area contributed by atoms with Gasteiger partial charge in [0, 0.05) is 17.8 Å². The number of hydrogen-bond donors (Lipinski definition) is 3. The molecule has 0 aliphatic rings. The minimum Gasteiger partial charge on any atom is -0.393 e. The Labute approximate surface area is 112 Å². The Morgan fingerprint density at radius 2 is 1.79 bits per heavy atom. The lowest BCUT2D eigenvalue weighted by atomic mass is 10.2. The number of carbonyl (C=O) groups is 1. The summed E-state index contributed by atoms with van der Waals surface area (Å²) in [6.07, 6.45) is 1.20. The van der Waals surface area contributed by atoms with E-state index in [1.807, 2.05) is 0 Å². The van der Waals surface area contributed by atoms with Crippen LogP contribution >= 0.6 is 0 Å². The molecule has 0 fully saturated rings. The summed E-state index contributed by atoms with van der Waals surface area (Å²) in [5.41, 5.74) is 1.01. The zero-order valence-electron chi connectivity index (χ0n) is 10.9. The van der Waals surface area contributed by atoms with E-state index in [-0.39, 0.29) is 12.3 Å². The second-order valence-corrected chi connectivity index (χ2v) is 6.14. The average Bonchev–Trinajstić information content (AvgIpc) is 2.27. The highest BCUT2D eigenvalue weighted by Crippen LogP contribution is 2.14. The number of hydrogen-bond acceptors (Lipinski definition) is 4. The van der Waals surface area contributed by atoms with E-state index in [0.717, 1.165) is 6.26 Å². The molecule has 1 rings (SSSR count). The monoisotopic (exact) mass is 286 g/mol. The number of carbonyl (C=O) groups excluding carboxylic acids is 1. The SMILES string of the molecule is CC(O)CCC(=O)Nc1ccc(NS(C)(=O)=O)cc1. The van der Waals surface area contributed by atoms with Crippen LogP contribution in [0, 0.1) is 0 Å². The number of sulfonamides is 1. The van der Waals surface area contributed by atoms with Crippen LogP contribution in [0.25, 0.3) is 0 Å². The van der Waals surface area contributed by atoms with Gasteiger partial charge in [0.2, 0.25) is 15.9 Å². The summed E-state index contributed by atoms with van der Waals surface area (Å²) < 4.78 is 24.3. The molecule has 0 saturated carbocycles. The Bertz CT molecular complexity index is 523. The van der Waals surface area contributed by atoms with Crippen LogP contribution in [0.4, 0.5) is 11.4 Å². The maximum atomic E-state index is 11.5. The van der Waals surface area contributed by atoms with Gasteiger partial charge >= 0.3 is 0 Å². The Kier molecular flexibility index (Phi) is 5.31. The van der Waals surface area contributed by atoms with Gasteiger partial charge in [-0.15, -0.1) is 0 Å². The first kappa shape index (κ1) is 15.5. The molecule has 1 unspecified atom stereocenters. The van der Waals surface area contributed by atoms with Crippen LogP contribution in [0.15, 0.2) is 24.3 Å². The van der Waals surface area contributed by atoms with Crippen molar-refractivity contribution in [2.75, 3.05) is 16.3 Å². The fourth-order valence-corrected chi connectivity index (χ4v) is 1.96. The maximum absolute atomic E-state index is 11.5. The molecular weight excluding hydrogens is 268 g/mol. The van der Waals surface area contributed by atoms with Crippen molar-refractivity contribution in [1.82, 2.24) is 0 Å². The molecule has 0 saturated heterocycles. The van der Waals surface area contributed by atoms with E-state index in [1.165, 1.54) is 0 Å². The molecule has 0 aliphatic carbocycles. The molecule has 0 aliphatic heterocycles. The van der Waals surface area contributed by atoms with Gasteiger partial charge in [-0.25, -0.2) is 8.42 Å². The van der Waals surface area contributed by atoms with E-state index in [1.54, 1.807) is 31.2 Å². The van der Waals surface area contributed by atoms with Crippen molar-refractivity contribution >= 4 is 27.3 Å². The molecule has 0 radical (unpaired) electrons. The van der Waals surface area contributed by atoms with Crippen LogP contribution in [0.1, 0.15) is 19.8 Å². The minimum atomic E-state index is -3.30. The topological polar surface area (TPSA) is 95.5 Å². The Hall–Kier alpha value is -1.60. The van der Waals surface area contributed by atoms with Crippen molar-refractivity contribution in [3.63, 3.8) is 0 Å². The average molecular weight is 286 g/mol. The highest BCUT2D eigenvalue weighted by Gasteiger charge is 2.05. The third-order valence-electron chi connectivity index (χ3n) is 2.26. The first-order valence-corrected chi connectivity index (χ1v) is 7.71. The number of anilines is 2. The predicted molar refractivity (Wildman–Crippen MR) is 74.5 cm³/mol. The van der Waals surface area contributed by atoms with Crippen molar-refractivity contribution in [1.29, 1.82) is 0 Å². The molecule has 7 heteroatoms. The highest BCUT2D eigenvalue weighted by atomic mass is 32.2. The molecule has 106 valence electrons. The van der Waals surface area contributed by atoms with Gasteiger partial charge in [0.1, 0.15) is 0 Å². The number of aliphatic hydroxyl groups excluding tert-OH is 1. The number of rotatable bonds is 6. The Balaban J connectivity index is 2.55. The van der Waals surface area contributed by atoms with Crippen LogP contribution < -0.4 is 10.0 Å². The standard InChI is InChI=1S/C12H18N2O4S/c1-9(15)3-8-12(16)13-10-4-6-11(7-5-10)14-19(2,17)18/h4-7,9,14-15H,3,8H2,1-2H3,(H,13,16). The van der Waals surface area contributed by atoms with Gasteiger partial charge in [0.15, 0.2) is 0 Å². The molecule has 19 heavy (non-hydrogen) atoms. The third-order valence-corrected chi connectivity index (χ3v) is 2.87. The molecule has 1 amide bonds. The van der Waals surface area contributed by atoms with Crippen molar-refractivity contribution in [3.8, 4) is 0 Å². The van der Waals surface area contributed by atoms with E-state index < -0.39 is 16.1 Å². The van der Waals surface area contributed by atoms with Gasteiger partial charge in [-0.2, -0.15) is 0 Å². The summed E-state index contributed by atoms with van der Waals surface area (Å²) in [5, 5.41) is 11.7. The van der Waals surface area contributed by atoms with Crippen molar-refractivity contribution in [3.05, 3.63) is 24.3 Å². The van der Waals surface area contributed by atoms with E-state index >= 15 is 0 Å². The second-order valence-electron chi connectivity index (χ2n) is 4.39. The zero-order chi connectivity index (χ0) is 14.5. The molecule has 0 aromatic heterocycles. The smallest absolute Gasteiger partial charge is 0.229 e. The van der Waals surface area contributed by atoms with Gasteiger partial charge < -0.3 is 10.4 Å². The summed E-state index contributed by atoms with van der Waals surface area (Å²) in [5.74, 6) is -0.190. The lowest BCUT2D eigenvalue weighted by molar-refractivity contribution is -0.116. The number of aliphatic hydroxyl groups is 1. The van der Waals surface area contributed by atoms with Gasteiger partial charge in [-0.1, -0.05) is 0 Å². The molecule has 0 heterocycles. The van der Waals surface area contributed by atoms with Crippen LogP contribution in [0.5, 0.6) is 0 Å². The fourth-order valence-electron chi connectivity index (χ4n) is 1.40. The molecule has 1 aromatic carbocycles. The van der Waals surface area contributed by atoms with Gasteiger partial charge in [0.25, 0.3) is 0 Å². The van der Waals surface area contributed by atoms with Crippen LogP contribution in [-0.4, -0.2) is 31.8 Å². The first-order valence-electron chi connectivity index (χ1n) is 5.82. The lowest BCUT2D eigenvalue weighted by Crippen LogP contribution is -2.14. The minimum absolute atomic E-state index is 0.190. The number of benzene rings is 1. The summed E-state index contributed by atoms with van der Waals surface area (Å²) >= 11 is 0. The third kappa shape index (κ3) is 6.78. The van der Waals surface area contributed by atoms with Crippen LogP contribution in [-0.2, 0) is 14.8 Å². The summed E-state index contributed by atoms with van der Waals surface area (Å²) in [6, 6.07) is 6.33. The summed E-state index contributed by atoms with van der Waals surface area (Å²) in [6.45, 7) is 1.62. The van der Waals surface area contributed by atoms with Crippen molar-refractivity contribution in [2.45, 2.75) is 25.9 Å². The molecule has 6 nitrogen and oxygen atoms in total. The fraction of sp³-hybridized carbons (Fsp3) is 0.417. The van der Waals surface area contributed by atoms with E-state index in [0.29, 0.717) is 17.8 Å². The molecule has 3 N–H and O–H groups in total. The molecule has 1 atom stereocenters. The van der Waals surface area contributed by atoms with E-state index in [4.69, 9.17) is 5.11 Å².